The molecule has 1 heterocycles. The number of esters is 1. The number of piperazine rings is 1. The van der Waals surface area contributed by atoms with Crippen molar-refractivity contribution in [2.45, 2.75) is 70.8 Å². The van der Waals surface area contributed by atoms with Crippen LogP contribution in [-0.4, -0.2) is 63.4 Å². The number of nitrogens with one attached hydrogen (secondary N) is 2. The molecule has 1 fully saturated rings. The Morgan fingerprint density at radius 3 is 2.21 bits per heavy atom. The van der Waals surface area contributed by atoms with Crippen molar-refractivity contribution < 1.29 is 29.0 Å². The molecule has 14 heteroatoms. The standard InChI is InChI=1S/C24H33N5O8S/c1-2-3-4-5-6-7-8-9-12-37-21(30)16-20-23(32)25-10-11-27(20)24(38)26-22(31)17-13-18(28(33)34)15-19(14-17)29(35)36/h13-15,20H,2-12,16H2,1H3,(H,25,32)(H,26,31,38). The summed E-state index contributed by atoms with van der Waals surface area (Å²) in [5.74, 6) is -1.98. The highest BCUT2D eigenvalue weighted by Crippen LogP contribution is 2.23. The number of unbranched alkanes of at least 4 members (excludes halogenated alkanes) is 7. The normalized spacial score (nSPS) is 14.9. The molecule has 0 bridgehead atoms. The van der Waals surface area contributed by atoms with Gasteiger partial charge in [-0.2, -0.15) is 0 Å². The summed E-state index contributed by atoms with van der Waals surface area (Å²) < 4.78 is 5.28. The lowest BCUT2D eigenvalue weighted by molar-refractivity contribution is -0.394. The molecular weight excluding hydrogens is 518 g/mol. The van der Waals surface area contributed by atoms with Crippen molar-refractivity contribution in [1.82, 2.24) is 15.5 Å². The van der Waals surface area contributed by atoms with Crippen LogP contribution in [0, 0.1) is 20.2 Å². The van der Waals surface area contributed by atoms with Crippen LogP contribution in [0.2, 0.25) is 0 Å². The topological polar surface area (TPSA) is 174 Å². The quantitative estimate of drug-likeness (QED) is 0.115. The van der Waals surface area contributed by atoms with E-state index in [-0.39, 0.29) is 36.8 Å². The van der Waals surface area contributed by atoms with E-state index >= 15 is 0 Å². The summed E-state index contributed by atoms with van der Waals surface area (Å²) in [7, 11) is 0. The van der Waals surface area contributed by atoms with Gasteiger partial charge in [0.25, 0.3) is 17.3 Å². The van der Waals surface area contributed by atoms with E-state index in [9.17, 15) is 34.6 Å². The van der Waals surface area contributed by atoms with Crippen LogP contribution in [0.25, 0.3) is 0 Å². The van der Waals surface area contributed by atoms with Crippen molar-refractivity contribution in [3.63, 3.8) is 0 Å². The minimum absolute atomic E-state index is 0.190. The van der Waals surface area contributed by atoms with Crippen molar-refractivity contribution in [3.05, 3.63) is 44.0 Å². The van der Waals surface area contributed by atoms with E-state index in [1.54, 1.807) is 0 Å². The third-order valence-corrected chi connectivity index (χ3v) is 6.36. The molecule has 0 aliphatic carbocycles. The zero-order valence-corrected chi connectivity index (χ0v) is 22.1. The highest BCUT2D eigenvalue weighted by Gasteiger charge is 2.34. The lowest BCUT2D eigenvalue weighted by Gasteiger charge is -2.36. The first-order chi connectivity index (χ1) is 18.1. The Morgan fingerprint density at radius 1 is 1.05 bits per heavy atom. The maximum absolute atomic E-state index is 12.7. The number of thiocarbonyl (C=S) groups is 1. The maximum Gasteiger partial charge on any atom is 0.308 e. The number of carbonyl (C=O) groups is 3. The second-order valence-electron chi connectivity index (χ2n) is 8.91. The van der Waals surface area contributed by atoms with Gasteiger partial charge < -0.3 is 15.0 Å². The Hall–Kier alpha value is -3.68. The molecule has 0 saturated carbocycles. The molecule has 0 spiro atoms. The van der Waals surface area contributed by atoms with Gasteiger partial charge in [-0.3, -0.25) is 39.9 Å². The van der Waals surface area contributed by atoms with Crippen LogP contribution >= 0.6 is 12.2 Å². The SMILES string of the molecule is CCCCCCCCCCOC(=O)CC1C(=O)NCCN1C(=S)NC(=O)c1cc([N+](=O)[O-])cc([N+](=O)[O-])c1. The maximum atomic E-state index is 12.7. The first kappa shape index (κ1) is 30.5. The molecule has 1 saturated heterocycles. The van der Waals surface area contributed by atoms with Gasteiger partial charge >= 0.3 is 5.97 Å². The third-order valence-electron chi connectivity index (χ3n) is 6.02. The van der Waals surface area contributed by atoms with E-state index in [4.69, 9.17) is 17.0 Å². The van der Waals surface area contributed by atoms with Crippen LogP contribution in [0.5, 0.6) is 0 Å². The molecule has 38 heavy (non-hydrogen) atoms. The van der Waals surface area contributed by atoms with E-state index in [0.29, 0.717) is 0 Å². The van der Waals surface area contributed by atoms with Crippen LogP contribution in [0.3, 0.4) is 0 Å². The Bertz CT molecular complexity index is 1020. The fraction of sp³-hybridized carbons (Fsp3) is 0.583. The van der Waals surface area contributed by atoms with Crippen LogP contribution in [0.1, 0.15) is 75.1 Å². The number of hydrogen-bond donors (Lipinski definition) is 2. The van der Waals surface area contributed by atoms with Crippen molar-refractivity contribution in [2.75, 3.05) is 19.7 Å². The van der Waals surface area contributed by atoms with Gasteiger partial charge in [0.2, 0.25) is 5.91 Å². The highest BCUT2D eigenvalue weighted by atomic mass is 32.1. The average Bonchev–Trinajstić information content (AvgIpc) is 2.88. The van der Waals surface area contributed by atoms with E-state index in [1.165, 1.54) is 30.6 Å². The summed E-state index contributed by atoms with van der Waals surface area (Å²) in [6.45, 7) is 2.82. The lowest BCUT2D eigenvalue weighted by Crippen LogP contribution is -2.60. The molecule has 1 atom stereocenters. The molecule has 208 valence electrons. The Morgan fingerprint density at radius 2 is 1.63 bits per heavy atom. The number of nitrogens with zero attached hydrogens (tertiary/aromatic N) is 3. The summed E-state index contributed by atoms with van der Waals surface area (Å²) in [6, 6.07) is 1.48. The summed E-state index contributed by atoms with van der Waals surface area (Å²) in [5.41, 5.74) is -1.62. The zero-order chi connectivity index (χ0) is 28.1. The summed E-state index contributed by atoms with van der Waals surface area (Å²) in [5, 5.41) is 27.0. The Kier molecular flexibility index (Phi) is 12.5. The second-order valence-corrected chi connectivity index (χ2v) is 9.30. The molecule has 1 aliphatic heterocycles. The van der Waals surface area contributed by atoms with Crippen molar-refractivity contribution in [2.24, 2.45) is 0 Å². The van der Waals surface area contributed by atoms with Crippen molar-refractivity contribution in [3.8, 4) is 0 Å². The summed E-state index contributed by atoms with van der Waals surface area (Å²) >= 11 is 5.27. The predicted molar refractivity (Wildman–Crippen MR) is 142 cm³/mol. The summed E-state index contributed by atoms with van der Waals surface area (Å²) in [4.78, 5) is 59.4. The van der Waals surface area contributed by atoms with Crippen LogP contribution in [-0.2, 0) is 14.3 Å². The fourth-order valence-corrected chi connectivity index (χ4v) is 4.29. The minimum atomic E-state index is -1.03. The van der Waals surface area contributed by atoms with Gasteiger partial charge in [0, 0.05) is 25.2 Å². The number of benzene rings is 1. The number of rotatable bonds is 14. The fourth-order valence-electron chi connectivity index (χ4n) is 3.98. The van der Waals surface area contributed by atoms with Crippen LogP contribution in [0.15, 0.2) is 18.2 Å². The molecule has 2 N–H and O–H groups in total. The molecular formula is C24H33N5O8S. The van der Waals surface area contributed by atoms with Gasteiger partial charge in [0.15, 0.2) is 5.11 Å². The molecule has 1 aromatic carbocycles. The molecule has 2 amide bonds. The van der Waals surface area contributed by atoms with E-state index in [0.717, 1.165) is 43.9 Å². The third kappa shape index (κ3) is 9.65. The largest absolute Gasteiger partial charge is 0.466 e. The van der Waals surface area contributed by atoms with Crippen LogP contribution in [0.4, 0.5) is 11.4 Å². The van der Waals surface area contributed by atoms with Gasteiger partial charge in [0.05, 0.1) is 34.5 Å². The molecule has 0 radical (unpaired) electrons. The first-order valence-electron chi connectivity index (χ1n) is 12.6. The first-order valence-corrected chi connectivity index (χ1v) is 13.0. The highest BCUT2D eigenvalue weighted by molar-refractivity contribution is 7.80. The number of amides is 2. The summed E-state index contributed by atoms with van der Waals surface area (Å²) in [6.07, 6.45) is 8.49. The Balaban J connectivity index is 1.92. The Labute approximate surface area is 225 Å². The molecule has 0 aromatic heterocycles. The smallest absolute Gasteiger partial charge is 0.308 e. The zero-order valence-electron chi connectivity index (χ0n) is 21.3. The number of carbonyl (C=O) groups excluding carboxylic acids is 3. The molecule has 1 unspecified atom stereocenters. The monoisotopic (exact) mass is 551 g/mol. The molecule has 1 aromatic rings. The van der Waals surface area contributed by atoms with E-state index in [2.05, 4.69) is 17.6 Å². The molecule has 1 aliphatic rings. The minimum Gasteiger partial charge on any atom is -0.466 e. The van der Waals surface area contributed by atoms with E-state index < -0.39 is 45.0 Å². The number of hydrogen-bond acceptors (Lipinski definition) is 9. The second kappa shape index (κ2) is 15.5. The number of non-ortho nitro benzene ring substituents is 2. The predicted octanol–water partition coefficient (Wildman–Crippen LogP) is 3.39. The van der Waals surface area contributed by atoms with Gasteiger partial charge in [-0.25, -0.2) is 0 Å². The van der Waals surface area contributed by atoms with Crippen LogP contribution < -0.4 is 10.6 Å². The lowest BCUT2D eigenvalue weighted by atomic mass is 10.1. The number of nitro benzene ring substituents is 2. The van der Waals surface area contributed by atoms with Gasteiger partial charge in [-0.05, 0) is 18.6 Å². The number of ether oxygens (including phenoxy) is 1. The van der Waals surface area contributed by atoms with Gasteiger partial charge in [-0.1, -0.05) is 51.9 Å². The molecule has 13 nitrogen and oxygen atoms in total. The average molecular weight is 552 g/mol. The van der Waals surface area contributed by atoms with Crippen molar-refractivity contribution >= 4 is 46.5 Å². The van der Waals surface area contributed by atoms with Gasteiger partial charge in [0.1, 0.15) is 6.04 Å². The number of nitro groups is 2. The van der Waals surface area contributed by atoms with Crippen molar-refractivity contribution in [1.29, 1.82) is 0 Å². The van der Waals surface area contributed by atoms with Gasteiger partial charge in [-0.15, -0.1) is 0 Å². The van der Waals surface area contributed by atoms with E-state index in [1.807, 2.05) is 0 Å². The molecule has 2 rings (SSSR count).